The van der Waals surface area contributed by atoms with Crippen molar-refractivity contribution in [3.63, 3.8) is 0 Å². The largest absolute Gasteiger partial charge is 0.486 e. The zero-order chi connectivity index (χ0) is 19.6. The number of nitrogens with zero attached hydrogens (tertiary/aromatic N) is 1. The van der Waals surface area contributed by atoms with Gasteiger partial charge >= 0.3 is 0 Å². The Labute approximate surface area is 171 Å². The average Bonchev–Trinajstić information content (AvgIpc) is 3.10. The summed E-state index contributed by atoms with van der Waals surface area (Å²) in [4.78, 5) is 16.2. The van der Waals surface area contributed by atoms with Crippen molar-refractivity contribution in [3.8, 4) is 5.75 Å². The highest BCUT2D eigenvalue weighted by Crippen LogP contribution is 2.37. The molecule has 0 unspecified atom stereocenters. The Balaban J connectivity index is 1.40. The highest BCUT2D eigenvalue weighted by Gasteiger charge is 2.40. The maximum Gasteiger partial charge on any atom is 0.254 e. The van der Waals surface area contributed by atoms with Crippen LogP contribution in [-0.4, -0.2) is 36.0 Å². The predicted octanol–water partition coefficient (Wildman–Crippen LogP) is 4.64. The number of aryl methyl sites for hydroxylation is 1. The number of thiophene rings is 1. The van der Waals surface area contributed by atoms with Crippen LogP contribution in [0, 0.1) is 0 Å². The van der Waals surface area contributed by atoms with E-state index in [-0.39, 0.29) is 17.6 Å². The Morgan fingerprint density at radius 2 is 2.11 bits per heavy atom. The summed E-state index contributed by atoms with van der Waals surface area (Å²) in [5.41, 5.74) is 1.93. The molecule has 0 radical (unpaired) electrons. The molecule has 1 aliphatic heterocycles. The number of carbonyl (C=O) groups excluding carboxylic acids is 1. The number of nitrogens with one attached hydrogen (secondary N) is 1. The Morgan fingerprint density at radius 3 is 2.89 bits per heavy atom. The summed E-state index contributed by atoms with van der Waals surface area (Å²) < 4.78 is 6.52. The van der Waals surface area contributed by atoms with Crippen molar-refractivity contribution in [2.45, 2.75) is 63.6 Å². The standard InChI is InChI=1S/C23H30N2O2S/c1-3-6-20-13-18(15-28-20)22(26)25(2)19-9-11-23(12-10-19)16-24-14-17-7-4-5-8-21(17)27-23/h4-5,7-8,13,15,19,24H,3,6,9-12,14,16H2,1-2H3. The van der Waals surface area contributed by atoms with Gasteiger partial charge in [-0.25, -0.2) is 0 Å². The van der Waals surface area contributed by atoms with Crippen LogP contribution >= 0.6 is 11.3 Å². The third-order valence-electron chi connectivity index (χ3n) is 6.19. The van der Waals surface area contributed by atoms with Crippen LogP contribution in [0.5, 0.6) is 5.75 Å². The second-order valence-corrected chi connectivity index (χ2v) is 9.19. The van der Waals surface area contributed by atoms with E-state index in [1.54, 1.807) is 11.3 Å². The van der Waals surface area contributed by atoms with Crippen LogP contribution in [-0.2, 0) is 13.0 Å². The molecule has 2 aliphatic rings. The molecule has 1 spiro atoms. The maximum atomic E-state index is 12.9. The van der Waals surface area contributed by atoms with Crippen molar-refractivity contribution in [2.75, 3.05) is 13.6 Å². The fourth-order valence-electron chi connectivity index (χ4n) is 4.48. The lowest BCUT2D eigenvalue weighted by atomic mass is 9.81. The van der Waals surface area contributed by atoms with E-state index in [0.717, 1.165) is 62.9 Å². The number of fused-ring (bicyclic) bond motifs is 1. The number of ether oxygens (including phenoxy) is 1. The minimum atomic E-state index is -0.149. The third-order valence-corrected chi connectivity index (χ3v) is 7.19. The van der Waals surface area contributed by atoms with E-state index in [9.17, 15) is 4.79 Å². The van der Waals surface area contributed by atoms with E-state index in [2.05, 4.69) is 36.5 Å². The molecule has 0 saturated heterocycles. The Bertz CT molecular complexity index is 824. The van der Waals surface area contributed by atoms with Gasteiger partial charge < -0.3 is 15.0 Å². The number of carbonyl (C=O) groups is 1. The highest BCUT2D eigenvalue weighted by atomic mass is 32.1. The lowest BCUT2D eigenvalue weighted by Crippen LogP contribution is -2.51. The van der Waals surface area contributed by atoms with Crippen LogP contribution in [0.1, 0.15) is 59.8 Å². The van der Waals surface area contributed by atoms with Crippen molar-refractivity contribution in [1.82, 2.24) is 10.2 Å². The molecule has 1 saturated carbocycles. The molecule has 150 valence electrons. The van der Waals surface area contributed by atoms with Gasteiger partial charge in [0.05, 0.1) is 5.56 Å². The number of hydrogen-bond acceptors (Lipinski definition) is 4. The summed E-state index contributed by atoms with van der Waals surface area (Å²) in [6.07, 6.45) is 6.09. The van der Waals surface area contributed by atoms with Crippen molar-refractivity contribution in [2.24, 2.45) is 0 Å². The Hall–Kier alpha value is -1.85. The number of rotatable bonds is 4. The lowest BCUT2D eigenvalue weighted by Gasteiger charge is -2.42. The summed E-state index contributed by atoms with van der Waals surface area (Å²) in [6, 6.07) is 10.7. The molecule has 4 rings (SSSR count). The van der Waals surface area contributed by atoms with E-state index >= 15 is 0 Å². The summed E-state index contributed by atoms with van der Waals surface area (Å²) in [6.45, 7) is 3.91. The summed E-state index contributed by atoms with van der Waals surface area (Å²) in [5, 5.41) is 5.58. The molecule has 1 N–H and O–H groups in total. The van der Waals surface area contributed by atoms with E-state index in [1.807, 2.05) is 23.4 Å². The van der Waals surface area contributed by atoms with Crippen molar-refractivity contribution >= 4 is 17.2 Å². The van der Waals surface area contributed by atoms with Gasteiger partial charge in [0.25, 0.3) is 5.91 Å². The summed E-state index contributed by atoms with van der Waals surface area (Å²) in [5.74, 6) is 1.17. The van der Waals surface area contributed by atoms with E-state index in [1.165, 1.54) is 10.4 Å². The zero-order valence-electron chi connectivity index (χ0n) is 16.9. The van der Waals surface area contributed by atoms with Gasteiger partial charge in [0.2, 0.25) is 0 Å². The van der Waals surface area contributed by atoms with Crippen LogP contribution < -0.4 is 10.1 Å². The van der Waals surface area contributed by atoms with E-state index in [0.29, 0.717) is 0 Å². The number of hydrogen-bond donors (Lipinski definition) is 1. The molecule has 4 nitrogen and oxygen atoms in total. The monoisotopic (exact) mass is 398 g/mol. The molecular formula is C23H30N2O2S. The van der Waals surface area contributed by atoms with Gasteiger partial charge in [0, 0.05) is 42.0 Å². The van der Waals surface area contributed by atoms with E-state index in [4.69, 9.17) is 4.74 Å². The van der Waals surface area contributed by atoms with Gasteiger partial charge in [-0.15, -0.1) is 11.3 Å². The van der Waals surface area contributed by atoms with Crippen molar-refractivity contribution < 1.29 is 9.53 Å². The molecule has 1 fully saturated rings. The maximum absolute atomic E-state index is 12.9. The molecule has 2 heterocycles. The van der Waals surface area contributed by atoms with E-state index < -0.39 is 0 Å². The summed E-state index contributed by atoms with van der Waals surface area (Å²) >= 11 is 1.70. The first-order chi connectivity index (χ1) is 13.6. The third kappa shape index (κ3) is 3.96. The molecule has 2 aromatic rings. The van der Waals surface area contributed by atoms with Crippen LogP contribution in [0.15, 0.2) is 35.7 Å². The van der Waals surface area contributed by atoms with Crippen LogP contribution in [0.3, 0.4) is 0 Å². The molecule has 0 atom stereocenters. The van der Waals surface area contributed by atoms with Gasteiger partial charge in [0.1, 0.15) is 11.4 Å². The van der Waals surface area contributed by atoms with Gasteiger partial charge in [0.15, 0.2) is 0 Å². The van der Waals surface area contributed by atoms with Gasteiger partial charge in [-0.2, -0.15) is 0 Å². The number of amides is 1. The highest BCUT2D eigenvalue weighted by molar-refractivity contribution is 7.10. The van der Waals surface area contributed by atoms with Crippen LogP contribution in [0.4, 0.5) is 0 Å². The van der Waals surface area contributed by atoms with Crippen LogP contribution in [0.25, 0.3) is 0 Å². The molecule has 1 aliphatic carbocycles. The topological polar surface area (TPSA) is 41.6 Å². The Kier molecular flexibility index (Phi) is 5.74. The number of para-hydroxylation sites is 1. The van der Waals surface area contributed by atoms with Gasteiger partial charge in [-0.1, -0.05) is 31.5 Å². The second-order valence-electron chi connectivity index (χ2n) is 8.20. The van der Waals surface area contributed by atoms with Gasteiger partial charge in [-0.05, 0) is 44.2 Å². The molecule has 28 heavy (non-hydrogen) atoms. The Morgan fingerprint density at radius 1 is 1.32 bits per heavy atom. The quantitative estimate of drug-likeness (QED) is 0.816. The fourth-order valence-corrected chi connectivity index (χ4v) is 5.44. The first-order valence-electron chi connectivity index (χ1n) is 10.4. The fraction of sp³-hybridized carbons (Fsp3) is 0.522. The smallest absolute Gasteiger partial charge is 0.254 e. The molecule has 1 amide bonds. The first kappa shape index (κ1) is 19.5. The van der Waals surface area contributed by atoms with Gasteiger partial charge in [-0.3, -0.25) is 4.79 Å². The molecule has 5 heteroatoms. The van der Waals surface area contributed by atoms with Crippen molar-refractivity contribution in [1.29, 1.82) is 0 Å². The molecule has 0 bridgehead atoms. The van der Waals surface area contributed by atoms with Crippen molar-refractivity contribution in [3.05, 3.63) is 51.7 Å². The second kappa shape index (κ2) is 8.26. The lowest BCUT2D eigenvalue weighted by molar-refractivity contribution is 0.0102. The minimum Gasteiger partial charge on any atom is -0.486 e. The molecule has 1 aromatic carbocycles. The number of benzene rings is 1. The SMILES string of the molecule is CCCc1cc(C(=O)N(C)C2CCC3(CC2)CNCc2ccccc2O3)cs1. The van der Waals surface area contributed by atoms with Crippen LogP contribution in [0.2, 0.25) is 0 Å². The minimum absolute atomic E-state index is 0.149. The normalized spacial score (nSPS) is 24.3. The molecular weight excluding hydrogens is 368 g/mol. The first-order valence-corrected chi connectivity index (χ1v) is 11.3. The summed E-state index contributed by atoms with van der Waals surface area (Å²) in [7, 11) is 1.96. The molecule has 1 aromatic heterocycles. The zero-order valence-corrected chi connectivity index (χ0v) is 17.7. The average molecular weight is 399 g/mol. The predicted molar refractivity (Wildman–Crippen MR) is 114 cm³/mol.